The van der Waals surface area contributed by atoms with Crippen molar-refractivity contribution in [1.82, 2.24) is 1.97 Å². The van der Waals surface area contributed by atoms with Crippen LogP contribution in [0.5, 0.6) is 0 Å². The van der Waals surface area contributed by atoms with E-state index >= 15 is 0 Å². The molecule has 0 N–H and O–H groups in total. The number of halogens is 1. The van der Waals surface area contributed by atoms with Gasteiger partial charge in [-0.15, -0.1) is 0 Å². The molecule has 0 aliphatic heterocycles. The Hall–Kier alpha value is 1.20. The second kappa shape index (κ2) is 6.06. The van der Waals surface area contributed by atoms with Crippen molar-refractivity contribution in [3.63, 3.8) is 0 Å². The van der Waals surface area contributed by atoms with Gasteiger partial charge in [0.2, 0.25) is 0 Å². The molecule has 0 aromatic carbocycles. The molecule has 0 saturated carbocycles. The summed E-state index contributed by atoms with van der Waals surface area (Å²) in [4.78, 5) is 0. The third kappa shape index (κ3) is 6.64. The molecule has 0 atom stereocenters. The monoisotopic (exact) mass is 333 g/mol. The van der Waals surface area contributed by atoms with Crippen molar-refractivity contribution in [2.45, 2.75) is 52.6 Å². The van der Waals surface area contributed by atoms with Gasteiger partial charge in [-0.05, 0) is 0 Å². The zero-order chi connectivity index (χ0) is 10.9. The Labute approximate surface area is 110 Å². The molecule has 0 radical (unpaired) electrons. The van der Waals surface area contributed by atoms with Crippen LogP contribution in [-0.2, 0) is 0 Å². The van der Waals surface area contributed by atoms with Crippen LogP contribution in [-0.4, -0.2) is 27.1 Å². The summed E-state index contributed by atoms with van der Waals surface area (Å²) in [5, 5.41) is 0. The van der Waals surface area contributed by atoms with Crippen molar-refractivity contribution in [3.05, 3.63) is 0 Å². The number of rotatable bonds is 2. The minimum absolute atomic E-state index is 0. The zero-order valence-electron chi connectivity index (χ0n) is 10.8. The van der Waals surface area contributed by atoms with Crippen LogP contribution in [0.2, 0.25) is 0 Å². The topological polar surface area (TPSA) is 6.48 Å². The fraction of sp³-hybridized carbons (Fsp3) is 1.00. The maximum Gasteiger partial charge on any atom is -1.00 e. The first-order valence-electron chi connectivity index (χ1n) is 4.79. The van der Waals surface area contributed by atoms with Crippen LogP contribution in [0.1, 0.15) is 41.5 Å². The first-order chi connectivity index (χ1) is 5.55. The third-order valence-corrected chi connectivity index (χ3v) is 8.54. The van der Waals surface area contributed by atoms with E-state index in [1.807, 2.05) is 0 Å². The van der Waals surface area contributed by atoms with E-state index in [9.17, 15) is 0 Å². The summed E-state index contributed by atoms with van der Waals surface area (Å²) < 4.78 is 5.11. The largest absolute Gasteiger partial charge is 1.00 e. The smallest absolute Gasteiger partial charge is 1.00 e. The van der Waals surface area contributed by atoms with Crippen LogP contribution >= 0.6 is 0 Å². The van der Waals surface area contributed by atoms with Gasteiger partial charge in [-0.2, -0.15) is 0 Å². The summed E-state index contributed by atoms with van der Waals surface area (Å²) in [5.74, 6) is 0. The van der Waals surface area contributed by atoms with Crippen molar-refractivity contribution in [1.29, 1.82) is 0 Å². The van der Waals surface area contributed by atoms with E-state index in [0.717, 1.165) is 0 Å². The molecular formula is C10H24FN2Nd. The molecule has 0 unspecified atom stereocenters. The van der Waals surface area contributed by atoms with Gasteiger partial charge < -0.3 is 4.70 Å². The fourth-order valence-electron chi connectivity index (χ4n) is 0.525. The Bertz CT molecular complexity index is 142. The molecule has 0 aromatic rings. The minimum atomic E-state index is -0.797. The first-order valence-corrected chi connectivity index (χ1v) is 7.66. The van der Waals surface area contributed by atoms with E-state index in [1.54, 1.807) is 0 Å². The molecule has 0 fully saturated rings. The van der Waals surface area contributed by atoms with E-state index in [0.29, 0.717) is 11.1 Å². The normalized spacial score (nSPS) is 12.7. The van der Waals surface area contributed by atoms with Gasteiger partial charge >= 0.3 is 106 Å². The van der Waals surface area contributed by atoms with Crippen molar-refractivity contribution in [2.24, 2.45) is 0 Å². The minimum Gasteiger partial charge on any atom is -1.00 e. The van der Waals surface area contributed by atoms with Gasteiger partial charge in [0.15, 0.2) is 0 Å². The van der Waals surface area contributed by atoms with Gasteiger partial charge in [-0.25, -0.2) is 0 Å². The van der Waals surface area contributed by atoms with Gasteiger partial charge in [0, 0.05) is 0 Å². The molecule has 0 bridgehead atoms. The number of nitrogens with zero attached hydrogens (tertiary/aromatic N) is 2. The molecule has 0 spiro atoms. The van der Waals surface area contributed by atoms with Crippen LogP contribution in [0.3, 0.4) is 0 Å². The van der Waals surface area contributed by atoms with E-state index < -0.39 is 37.5 Å². The van der Waals surface area contributed by atoms with Gasteiger partial charge in [-0.1, -0.05) is 0 Å². The van der Waals surface area contributed by atoms with Crippen LogP contribution < -0.4 is 4.70 Å². The van der Waals surface area contributed by atoms with Gasteiger partial charge in [0.1, 0.15) is 0 Å². The summed E-state index contributed by atoms with van der Waals surface area (Å²) >= 11 is -0.797. The van der Waals surface area contributed by atoms with Crippen LogP contribution in [0, 0.1) is 37.5 Å². The van der Waals surface area contributed by atoms with Gasteiger partial charge in [0.05, 0.1) is 0 Å². The molecule has 14 heavy (non-hydrogen) atoms. The summed E-state index contributed by atoms with van der Waals surface area (Å²) in [6, 6.07) is 0. The third-order valence-electron chi connectivity index (χ3n) is 2.31. The molecule has 4 heteroatoms. The Kier molecular flexibility index (Phi) is 7.62. The summed E-state index contributed by atoms with van der Waals surface area (Å²) in [7, 11) is 4.51. The fourth-order valence-corrected chi connectivity index (χ4v) is 3.89. The number of hydrogen-bond acceptors (Lipinski definition) is 2. The van der Waals surface area contributed by atoms with E-state index in [4.69, 9.17) is 0 Å². The molecule has 0 aromatic heterocycles. The SMILES string of the molecule is C[N]([Nd+][N](C)C(C)(C)C)C(C)(C)C.[F-]. The Morgan fingerprint density at radius 1 is 0.714 bits per heavy atom. The Morgan fingerprint density at radius 2 is 0.929 bits per heavy atom. The molecule has 0 rings (SSSR count). The molecule has 0 aliphatic rings. The van der Waals surface area contributed by atoms with Crippen molar-refractivity contribution in [2.75, 3.05) is 14.1 Å². The van der Waals surface area contributed by atoms with E-state index in [-0.39, 0.29) is 4.70 Å². The van der Waals surface area contributed by atoms with Gasteiger partial charge in [-0.3, -0.25) is 0 Å². The molecule has 85 valence electrons. The summed E-state index contributed by atoms with van der Waals surface area (Å²) in [6.45, 7) is 13.7. The average Bonchev–Trinajstić information content (AvgIpc) is 1.82. The second-order valence-electron chi connectivity index (χ2n) is 5.56. The van der Waals surface area contributed by atoms with Crippen LogP contribution in [0.25, 0.3) is 0 Å². The van der Waals surface area contributed by atoms with Crippen molar-refractivity contribution < 1.29 is 42.2 Å². The van der Waals surface area contributed by atoms with Crippen LogP contribution in [0.15, 0.2) is 0 Å². The first kappa shape index (κ1) is 17.6. The predicted molar refractivity (Wildman–Crippen MR) is 55.0 cm³/mol. The van der Waals surface area contributed by atoms with E-state index in [2.05, 4.69) is 57.6 Å². The quantitative estimate of drug-likeness (QED) is 0.663. The van der Waals surface area contributed by atoms with Crippen LogP contribution in [0.4, 0.5) is 0 Å². The molecule has 0 amide bonds. The summed E-state index contributed by atoms with van der Waals surface area (Å²) in [6.07, 6.45) is 0. The predicted octanol–water partition coefficient (Wildman–Crippen LogP) is -0.634. The maximum absolute atomic E-state index is 2.55. The Balaban J connectivity index is 0. The molecule has 0 aliphatic carbocycles. The van der Waals surface area contributed by atoms with Gasteiger partial charge in [0.25, 0.3) is 0 Å². The zero-order valence-corrected chi connectivity index (χ0v) is 14.0. The standard InChI is InChI=1S/2C5H12N.FH.Nd/c2*1-5(2,3)6-4;;/h2*1-4H3;1H;/q2*-1;;+3/p-1. The molecule has 0 saturated heterocycles. The second-order valence-corrected chi connectivity index (χ2v) is 10.5. The molecule has 2 nitrogen and oxygen atoms in total. The number of hydrogen-bond donors (Lipinski definition) is 0. The van der Waals surface area contributed by atoms with Crippen molar-refractivity contribution >= 4 is 0 Å². The maximum atomic E-state index is 2.55. The molecular weight excluding hydrogens is 311 g/mol. The average molecular weight is 336 g/mol. The van der Waals surface area contributed by atoms with Crippen molar-refractivity contribution in [3.8, 4) is 0 Å². The van der Waals surface area contributed by atoms with E-state index in [1.165, 1.54) is 0 Å². The summed E-state index contributed by atoms with van der Waals surface area (Å²) in [5.41, 5.74) is 0.672. The molecule has 0 heterocycles. The Morgan fingerprint density at radius 3 is 1.07 bits per heavy atom.